The van der Waals surface area contributed by atoms with Gasteiger partial charge < -0.3 is 37.6 Å². The molecule has 4 fully saturated rings. The van der Waals surface area contributed by atoms with Gasteiger partial charge in [0.25, 0.3) is 20.2 Å². The summed E-state index contributed by atoms with van der Waals surface area (Å²) in [5.41, 5.74) is 7.63. The average molecular weight is 1490 g/mol. The van der Waals surface area contributed by atoms with Gasteiger partial charge in [-0.2, -0.15) is 16.8 Å². The molecule has 552 valence electrons. The molecular weight excluding hydrogens is 1380 g/mol. The number of ether oxygens (including phenoxy) is 4. The van der Waals surface area contributed by atoms with E-state index in [4.69, 9.17) is 59.4 Å². The number of anilines is 2. The number of carbonyl (C=O) groups is 2. The van der Waals surface area contributed by atoms with Crippen LogP contribution in [0.25, 0.3) is 0 Å². The molecule has 0 aromatic heterocycles. The second kappa shape index (κ2) is 30.3. The molecule has 0 bridgehead atoms. The van der Waals surface area contributed by atoms with Crippen molar-refractivity contribution in [1.29, 1.82) is 0 Å². The van der Waals surface area contributed by atoms with Crippen LogP contribution in [0, 0.1) is 35.5 Å². The first kappa shape index (κ1) is 76.9. The third-order valence-electron chi connectivity index (χ3n) is 25.0. The number of hydrogen-bond donors (Lipinski definition) is 0. The second-order valence-electron chi connectivity index (χ2n) is 33.9. The molecule has 0 unspecified atom stereocenters. The van der Waals surface area contributed by atoms with E-state index in [1.807, 2.05) is 36.4 Å². The minimum atomic E-state index is -3.54. The first-order valence-electron chi connectivity index (χ1n) is 36.9. The maximum absolute atomic E-state index is 12.8. The number of carbonyl (C=O) groups excluding carboxylic acids is 2. The predicted molar refractivity (Wildman–Crippen MR) is 403 cm³/mol. The first-order valence-corrected chi connectivity index (χ1v) is 47.1. The molecule has 0 radical (unpaired) electrons. The number of esters is 2. The largest absolute Gasteiger partial charge is 0.490 e. The summed E-state index contributed by atoms with van der Waals surface area (Å²) in [6.07, 6.45) is 19.0. The van der Waals surface area contributed by atoms with Gasteiger partial charge in [0.15, 0.2) is 16.6 Å². The molecule has 12 rings (SSSR count). The lowest BCUT2D eigenvalue weighted by Gasteiger charge is -2.52. The number of hydrogen-bond acceptors (Lipinski definition) is 16. The Kier molecular flexibility index (Phi) is 23.3. The summed E-state index contributed by atoms with van der Waals surface area (Å²) >= 11 is 13.0. The van der Waals surface area contributed by atoms with Crippen molar-refractivity contribution in [3.63, 3.8) is 0 Å². The van der Waals surface area contributed by atoms with Crippen molar-refractivity contribution < 1.29 is 62.6 Å². The smallest absolute Gasteiger partial charge is 0.337 e. The Bertz CT molecular complexity index is 3600. The summed E-state index contributed by atoms with van der Waals surface area (Å²) < 4.78 is 98.2. The van der Waals surface area contributed by atoms with Crippen LogP contribution in [-0.2, 0) is 70.6 Å². The molecule has 8 aliphatic rings. The monoisotopic (exact) mass is 1490 g/mol. The molecule has 6 aliphatic carbocycles. The molecule has 0 N–H and O–H groups in total. The van der Waals surface area contributed by atoms with Crippen LogP contribution in [0.15, 0.2) is 72.8 Å². The zero-order valence-electron chi connectivity index (χ0n) is 61.9. The Morgan fingerprint density at radius 1 is 0.550 bits per heavy atom. The SMILES string of the molecule is COC(=O)c1ccc2c(c1)N(C[C@@H]1CC[C@H]1[C@H](O[Si](C)(C)C(C)(C)C)[C@@H]1CCC[C@@H](OS(C)(=O)=O)C1)C[C@@]1(CCCc3cc(Cl)ccc31)CO2.COC(=O)c1ccc2c(c1)N(C[C@@H]1CC[C@H]1[C@H](O[Si](C)(C)C(C)(C)C)[C@@H]1CCC[C@H](OS(C)(=O)=O)C1)C[C@@]1(CCCc3cc(Cl)ccc31)CO2. The number of halogens is 2. The second-order valence-corrected chi connectivity index (χ2v) is 47.5. The molecule has 4 aromatic carbocycles. The predicted octanol–water partition coefficient (Wildman–Crippen LogP) is 17.1. The minimum absolute atomic E-state index is 0.0243. The lowest BCUT2D eigenvalue weighted by atomic mass is 9.65. The van der Waals surface area contributed by atoms with Crippen LogP contribution < -0.4 is 19.3 Å². The average Bonchev–Trinajstić information content (AvgIpc) is 1.48. The molecule has 2 aliphatic heterocycles. The van der Waals surface area contributed by atoms with Crippen LogP contribution in [-0.4, -0.2) is 136 Å². The molecule has 2 heterocycles. The van der Waals surface area contributed by atoms with E-state index >= 15 is 0 Å². The lowest BCUT2D eigenvalue weighted by Crippen LogP contribution is -2.54. The fourth-order valence-electron chi connectivity index (χ4n) is 17.5. The van der Waals surface area contributed by atoms with Crippen LogP contribution in [0.4, 0.5) is 11.4 Å². The highest BCUT2D eigenvalue weighted by atomic mass is 35.5. The topological polar surface area (TPSA) is 183 Å². The summed E-state index contributed by atoms with van der Waals surface area (Å²) in [4.78, 5) is 30.5. The third kappa shape index (κ3) is 17.3. The third-order valence-corrected chi connectivity index (χ3v) is 35.6. The van der Waals surface area contributed by atoms with E-state index in [9.17, 15) is 26.4 Å². The van der Waals surface area contributed by atoms with Gasteiger partial charge in [-0.1, -0.05) is 89.7 Å². The summed E-state index contributed by atoms with van der Waals surface area (Å²) in [5, 5.41) is 1.60. The zero-order chi connectivity index (χ0) is 72.1. The Hall–Kier alpha value is -4.23. The highest BCUT2D eigenvalue weighted by Gasteiger charge is 2.53. The fourth-order valence-corrected chi connectivity index (χ4v) is 22.1. The van der Waals surface area contributed by atoms with Gasteiger partial charge >= 0.3 is 11.9 Å². The summed E-state index contributed by atoms with van der Waals surface area (Å²) in [7, 11) is -8.60. The van der Waals surface area contributed by atoms with Crippen molar-refractivity contribution in [2.45, 2.75) is 229 Å². The zero-order valence-corrected chi connectivity index (χ0v) is 67.0. The lowest BCUT2D eigenvalue weighted by molar-refractivity contribution is -0.0368. The van der Waals surface area contributed by atoms with E-state index in [1.165, 1.54) is 36.5 Å². The van der Waals surface area contributed by atoms with Gasteiger partial charge in [0, 0.05) is 47.1 Å². The number of methoxy groups -OCH3 is 2. The van der Waals surface area contributed by atoms with E-state index in [0.717, 1.165) is 174 Å². The number of fused-ring (bicyclic) bond motifs is 6. The maximum Gasteiger partial charge on any atom is 0.337 e. The highest BCUT2D eigenvalue weighted by Crippen LogP contribution is 2.54. The van der Waals surface area contributed by atoms with Gasteiger partial charge in [0.05, 0.1) is 86.9 Å². The van der Waals surface area contributed by atoms with E-state index in [1.54, 1.807) is 12.1 Å². The van der Waals surface area contributed by atoms with E-state index < -0.39 is 36.9 Å². The first-order chi connectivity index (χ1) is 47.0. The quantitative estimate of drug-likeness (QED) is 0.0520. The molecule has 16 nitrogen and oxygen atoms in total. The van der Waals surface area contributed by atoms with Crippen LogP contribution in [0.2, 0.25) is 46.3 Å². The molecule has 4 aromatic rings. The van der Waals surface area contributed by atoms with Gasteiger partial charge in [0.1, 0.15) is 11.5 Å². The number of aryl methyl sites for hydroxylation is 2. The molecule has 0 amide bonds. The van der Waals surface area contributed by atoms with Crippen molar-refractivity contribution in [2.24, 2.45) is 35.5 Å². The fraction of sp³-hybridized carbons (Fsp3) is 0.667. The number of nitrogens with zero attached hydrogens (tertiary/aromatic N) is 2. The van der Waals surface area contributed by atoms with Crippen molar-refractivity contribution in [1.82, 2.24) is 0 Å². The Balaban J connectivity index is 0.000000202. The van der Waals surface area contributed by atoms with Crippen molar-refractivity contribution in [3.05, 3.63) is 116 Å². The number of rotatable bonds is 18. The van der Waals surface area contributed by atoms with E-state index in [0.29, 0.717) is 60.9 Å². The van der Waals surface area contributed by atoms with Crippen molar-refractivity contribution in [2.75, 3.05) is 75.9 Å². The van der Waals surface area contributed by atoms with Crippen molar-refractivity contribution >= 4 is 83.4 Å². The summed E-state index contributed by atoms with van der Waals surface area (Å²) in [6.45, 7) is 27.3. The van der Waals surface area contributed by atoms with E-state index in [-0.39, 0.29) is 69.1 Å². The molecule has 4 saturated carbocycles. The minimum Gasteiger partial charge on any atom is -0.490 e. The van der Waals surface area contributed by atoms with Gasteiger partial charge in [0.2, 0.25) is 0 Å². The van der Waals surface area contributed by atoms with Crippen LogP contribution in [0.3, 0.4) is 0 Å². The standard InChI is InChI=1S/2C39H56ClNO7SSi/c2*1-38(2,3)50(6,7)48-36(27-10-8-12-31(21-27)47-49(5,43)44)32-16-13-29(32)23-41-24-39(19-9-11-26-20-30(40)15-17-33(26)39)25-46-35-18-14-28(22-34(35)41)37(42)45-4/h2*14-15,17-18,20,22,27,29,31-32,36H,8-13,16,19,21,23-25H2,1-7H3/t27-,29+,31+,32-,36-,39+;27-,29+,31-,32-,36-,39+/m11/s1. The summed E-state index contributed by atoms with van der Waals surface area (Å²) in [5.74, 6) is 2.68. The van der Waals surface area contributed by atoms with E-state index in [2.05, 4.69) is 102 Å². The van der Waals surface area contributed by atoms with Gasteiger partial charge in [-0.05, 0) is 257 Å². The van der Waals surface area contributed by atoms with Gasteiger partial charge in [-0.25, -0.2) is 9.59 Å². The molecule has 2 spiro atoms. The number of benzene rings is 4. The van der Waals surface area contributed by atoms with Crippen LogP contribution in [0.1, 0.15) is 187 Å². The van der Waals surface area contributed by atoms with Gasteiger partial charge in [-0.3, -0.25) is 8.37 Å². The maximum atomic E-state index is 12.8. The van der Waals surface area contributed by atoms with Crippen LogP contribution in [0.5, 0.6) is 11.5 Å². The molecule has 12 atom stereocenters. The summed E-state index contributed by atoms with van der Waals surface area (Å²) in [6, 6.07) is 23.9. The molecule has 100 heavy (non-hydrogen) atoms. The molecule has 22 heteroatoms. The Morgan fingerprint density at radius 3 is 1.28 bits per heavy atom. The van der Waals surface area contributed by atoms with Crippen molar-refractivity contribution in [3.8, 4) is 11.5 Å². The van der Waals surface area contributed by atoms with Gasteiger partial charge in [-0.15, -0.1) is 0 Å². The van der Waals surface area contributed by atoms with Crippen LogP contribution >= 0.6 is 23.2 Å². The normalized spacial score (nSPS) is 27.7. The Morgan fingerprint density at radius 2 is 0.940 bits per heavy atom. The molecular formula is C78H112Cl2N2O14S2Si2. The molecule has 0 saturated heterocycles. The highest BCUT2D eigenvalue weighted by molar-refractivity contribution is 7.86. The Labute approximate surface area is 609 Å².